The molecule has 0 bridgehead atoms. The summed E-state index contributed by atoms with van der Waals surface area (Å²) in [6.45, 7) is 0. The van der Waals surface area contributed by atoms with Crippen LogP contribution in [0.15, 0.2) is 0 Å². The number of hydrogen-bond donors (Lipinski definition) is 0. The van der Waals surface area contributed by atoms with Crippen LogP contribution in [0.5, 0.6) is 0 Å². The molecule has 0 aliphatic carbocycles. The second-order valence-corrected chi connectivity index (χ2v) is 0. The molecule has 0 amide bonds. The van der Waals surface area contributed by atoms with Gasteiger partial charge in [0.1, 0.15) is 0 Å². The number of hydrogen-bond acceptors (Lipinski definition) is 0. The quantitative estimate of drug-likeness (QED) is 0.211. The molecule has 0 saturated carbocycles. The van der Waals surface area contributed by atoms with Crippen LogP contribution in [0.3, 0.4) is 0 Å². The van der Waals surface area contributed by atoms with Crippen LogP contribution in [0.2, 0.25) is 0 Å². The maximum Gasteiger partial charge on any atom is 3.00 e. The van der Waals surface area contributed by atoms with E-state index in [1.807, 2.05) is 0 Å². The van der Waals surface area contributed by atoms with Crippen molar-refractivity contribution in [2.75, 3.05) is 0 Å². The van der Waals surface area contributed by atoms with E-state index in [1.165, 1.54) is 0 Å². The fourth-order valence-electron chi connectivity index (χ4n) is 0. The van der Waals surface area contributed by atoms with Gasteiger partial charge in [0.2, 0.25) is 0 Å². The molecule has 0 aromatic carbocycles. The minimum atomic E-state index is 0. The summed E-state index contributed by atoms with van der Waals surface area (Å²) in [6.07, 6.45) is 0. The van der Waals surface area contributed by atoms with E-state index < -0.39 is 0 Å². The largest absolute Gasteiger partial charge is 3.00 e. The predicted molar refractivity (Wildman–Crippen MR) is 5.75 cm³/mol. The topological polar surface area (TPSA) is 0 Å². The third-order valence-corrected chi connectivity index (χ3v) is 0. The molecular formula is BaF8HoY. The molecule has 0 N–H and O–H groups in total. The van der Waals surface area contributed by atoms with Gasteiger partial charge in [-0.15, -0.1) is 0 Å². The predicted octanol–water partition coefficient (Wildman–Crippen LogP) is -24.4. The Hall–Kier alpha value is 3.38. The smallest absolute Gasteiger partial charge is 1.00 e. The fourth-order valence-corrected chi connectivity index (χ4v) is 0. The average Bonchev–Trinajstić information content (AvgIpc) is 0. The van der Waals surface area contributed by atoms with Gasteiger partial charge in [0.25, 0.3) is 0 Å². The van der Waals surface area contributed by atoms with E-state index in [0.717, 1.165) is 0 Å². The van der Waals surface area contributed by atoms with E-state index in [9.17, 15) is 0 Å². The standard InChI is InChI=1S/Ba.8FH.Ho.Y/h;8*1H;;/q+2;;;;;;;;;2*+3/p-8. The van der Waals surface area contributed by atoms with Crippen LogP contribution in [-0.2, 0) is 32.7 Å². The van der Waals surface area contributed by atoms with Crippen LogP contribution in [0, 0.1) is 37.7 Å². The molecule has 0 aromatic rings. The summed E-state index contributed by atoms with van der Waals surface area (Å²) >= 11 is 0. The zero-order valence-electron chi connectivity index (χ0n) is 4.61. The van der Waals surface area contributed by atoms with E-state index in [1.54, 1.807) is 0 Å². The van der Waals surface area contributed by atoms with Crippen LogP contribution in [0.1, 0.15) is 0 Å². The number of halogens is 8. The molecule has 0 heterocycles. The van der Waals surface area contributed by atoms with Crippen LogP contribution < -0.4 is 37.6 Å². The molecule has 0 radical (unpaired) electrons. The van der Waals surface area contributed by atoms with Crippen molar-refractivity contribution in [3.63, 3.8) is 0 Å². The van der Waals surface area contributed by atoms with Crippen molar-refractivity contribution in [2.24, 2.45) is 0 Å². The van der Waals surface area contributed by atoms with Gasteiger partial charge in [-0.3, -0.25) is 0 Å². The molecule has 0 unspecified atom stereocenters. The van der Waals surface area contributed by atoms with Crippen LogP contribution in [-0.4, -0.2) is 48.9 Å². The maximum absolute atomic E-state index is 0. The van der Waals surface area contributed by atoms with E-state index in [-0.39, 0.29) is 157 Å². The summed E-state index contributed by atoms with van der Waals surface area (Å²) in [5.41, 5.74) is 0. The zero-order chi connectivity index (χ0) is 0. The Kier molecular flexibility index (Phi) is 3690. The molecule has 0 fully saturated rings. The van der Waals surface area contributed by atoms with E-state index >= 15 is 0 Å². The monoisotopic (exact) mass is 544 g/mol. The first-order chi connectivity index (χ1) is 0. The van der Waals surface area contributed by atoms with Gasteiger partial charge in [-0.1, -0.05) is 0 Å². The molecule has 11 heteroatoms. The zero-order valence-corrected chi connectivity index (χ0v) is 13.8. The molecular weight excluding hydrogens is 543 g/mol. The van der Waals surface area contributed by atoms with Crippen molar-refractivity contribution >= 4 is 48.9 Å². The van der Waals surface area contributed by atoms with Crippen molar-refractivity contribution in [2.45, 2.75) is 0 Å². The van der Waals surface area contributed by atoms with Crippen LogP contribution in [0.4, 0.5) is 0 Å². The molecule has 11 heavy (non-hydrogen) atoms. The molecule has 0 aliphatic rings. The van der Waals surface area contributed by atoms with Gasteiger partial charge in [-0.25, -0.2) is 0 Å². The van der Waals surface area contributed by atoms with E-state index in [4.69, 9.17) is 0 Å². The Morgan fingerprint density at radius 1 is 0.364 bits per heavy atom. The third kappa shape index (κ3) is 152. The summed E-state index contributed by atoms with van der Waals surface area (Å²) in [5.74, 6) is 0. The van der Waals surface area contributed by atoms with Gasteiger partial charge in [0, 0.05) is 0 Å². The van der Waals surface area contributed by atoms with Crippen molar-refractivity contribution in [3.8, 4) is 0 Å². The fraction of sp³-hybridized carbons (Fsp3) is 0. The molecule has 72 valence electrons. The minimum Gasteiger partial charge on any atom is -1.00 e. The third-order valence-electron chi connectivity index (χ3n) is 0. The Morgan fingerprint density at radius 3 is 0.364 bits per heavy atom. The van der Waals surface area contributed by atoms with E-state index in [2.05, 4.69) is 0 Å². The Bertz CT molecular complexity index is 14.1. The molecule has 0 aromatic heterocycles. The molecule has 0 atom stereocenters. The molecule has 0 spiro atoms. The van der Waals surface area contributed by atoms with Crippen LogP contribution >= 0.6 is 0 Å². The average molecular weight is 543 g/mol. The summed E-state index contributed by atoms with van der Waals surface area (Å²) in [5, 5.41) is 0. The Morgan fingerprint density at radius 2 is 0.364 bits per heavy atom. The summed E-state index contributed by atoms with van der Waals surface area (Å²) < 4.78 is 0. The van der Waals surface area contributed by atoms with Crippen molar-refractivity contribution in [1.82, 2.24) is 0 Å². The minimum absolute atomic E-state index is 0. The van der Waals surface area contributed by atoms with E-state index in [0.29, 0.717) is 0 Å². The van der Waals surface area contributed by atoms with Gasteiger partial charge in [0.05, 0.1) is 0 Å². The maximum atomic E-state index is 0. The first-order valence-corrected chi connectivity index (χ1v) is 0. The van der Waals surface area contributed by atoms with Crippen LogP contribution in [0.25, 0.3) is 0 Å². The molecule has 0 nitrogen and oxygen atoms in total. The van der Waals surface area contributed by atoms with Gasteiger partial charge in [-0.05, 0) is 0 Å². The first kappa shape index (κ1) is 226. The van der Waals surface area contributed by atoms with Gasteiger partial charge >= 0.3 is 119 Å². The Labute approximate surface area is 153 Å². The normalized spacial score (nSPS) is 0. The second kappa shape index (κ2) is 180. The van der Waals surface area contributed by atoms with Crippen molar-refractivity contribution in [1.29, 1.82) is 0 Å². The molecule has 0 saturated heterocycles. The van der Waals surface area contributed by atoms with Crippen molar-refractivity contribution < 1.29 is 108 Å². The van der Waals surface area contributed by atoms with Gasteiger partial charge in [0.15, 0.2) is 0 Å². The SMILES string of the molecule is [Ba+2].[F-].[F-].[F-].[F-].[F-].[F-].[F-].[F-].[Ho+3].[Y+3]. The Balaban J connectivity index is 0. The molecule has 0 rings (SSSR count). The summed E-state index contributed by atoms with van der Waals surface area (Å²) in [6, 6.07) is 0. The molecule has 0 aliphatic heterocycles. The number of rotatable bonds is 0. The van der Waals surface area contributed by atoms with Gasteiger partial charge in [-0.2, -0.15) is 0 Å². The summed E-state index contributed by atoms with van der Waals surface area (Å²) in [7, 11) is 0. The summed E-state index contributed by atoms with van der Waals surface area (Å²) in [4.78, 5) is 0. The van der Waals surface area contributed by atoms with Crippen molar-refractivity contribution in [3.05, 3.63) is 0 Å². The first-order valence-electron chi connectivity index (χ1n) is 0. The van der Waals surface area contributed by atoms with Gasteiger partial charge < -0.3 is 37.6 Å². The second-order valence-electron chi connectivity index (χ2n) is 0.